The molecule has 2 rings (SSSR count). The molecule has 0 atom stereocenters. The number of hydrogen-bond donors (Lipinski definition) is 2. The maximum Gasteiger partial charge on any atom is 0.277 e. The molecular formula is C12H11ClN2O4. The Morgan fingerprint density at radius 2 is 2.32 bits per heavy atom. The van der Waals surface area contributed by atoms with Crippen LogP contribution in [0.25, 0.3) is 0 Å². The highest BCUT2D eigenvalue weighted by Crippen LogP contribution is 2.26. The van der Waals surface area contributed by atoms with Crippen LogP contribution in [0.4, 0.5) is 5.69 Å². The number of phenolic OH excluding ortho intramolecular Hbond substituents is 1. The Morgan fingerprint density at radius 1 is 1.53 bits per heavy atom. The summed E-state index contributed by atoms with van der Waals surface area (Å²) in [5.41, 5.74) is 0.497. The summed E-state index contributed by atoms with van der Waals surface area (Å²) < 4.78 is 9.76. The minimum atomic E-state index is -0.460. The number of carbonyl (C=O) groups is 1. The summed E-state index contributed by atoms with van der Waals surface area (Å²) >= 11 is 5.88. The van der Waals surface area contributed by atoms with Crippen LogP contribution in [0.3, 0.4) is 0 Å². The molecule has 2 N–H and O–H groups in total. The van der Waals surface area contributed by atoms with Crippen molar-refractivity contribution in [2.24, 2.45) is 0 Å². The Morgan fingerprint density at radius 3 is 3.00 bits per heavy atom. The van der Waals surface area contributed by atoms with Crippen molar-refractivity contribution in [3.63, 3.8) is 0 Å². The molecule has 0 unspecified atom stereocenters. The van der Waals surface area contributed by atoms with E-state index in [2.05, 4.69) is 10.5 Å². The summed E-state index contributed by atoms with van der Waals surface area (Å²) in [6.07, 6.45) is 0. The number of methoxy groups -OCH3 is 1. The van der Waals surface area contributed by atoms with Crippen molar-refractivity contribution in [3.8, 4) is 5.75 Å². The zero-order valence-corrected chi connectivity index (χ0v) is 10.8. The Balaban J connectivity index is 2.11. The van der Waals surface area contributed by atoms with Gasteiger partial charge in [-0.05, 0) is 12.1 Å². The first-order valence-corrected chi connectivity index (χ1v) is 5.72. The smallest absolute Gasteiger partial charge is 0.277 e. The van der Waals surface area contributed by atoms with Crippen molar-refractivity contribution >= 4 is 23.2 Å². The number of carbonyl (C=O) groups excluding carboxylic acids is 1. The highest BCUT2D eigenvalue weighted by molar-refractivity contribution is 6.34. The van der Waals surface area contributed by atoms with Crippen molar-refractivity contribution in [3.05, 3.63) is 40.7 Å². The van der Waals surface area contributed by atoms with Crippen LogP contribution >= 0.6 is 11.6 Å². The van der Waals surface area contributed by atoms with Gasteiger partial charge in [0.2, 0.25) is 0 Å². The molecule has 0 aliphatic carbocycles. The minimum Gasteiger partial charge on any atom is -0.508 e. The average Bonchev–Trinajstić information content (AvgIpc) is 2.82. The lowest BCUT2D eigenvalue weighted by Gasteiger charge is -2.05. The zero-order chi connectivity index (χ0) is 13.8. The Bertz CT molecular complexity index is 597. The number of nitrogens with one attached hydrogen (secondary N) is 1. The van der Waals surface area contributed by atoms with E-state index in [0.29, 0.717) is 11.4 Å². The number of phenols is 1. The Hall–Kier alpha value is -2.05. The number of benzene rings is 1. The van der Waals surface area contributed by atoms with E-state index in [1.54, 1.807) is 0 Å². The van der Waals surface area contributed by atoms with Crippen molar-refractivity contribution in [1.82, 2.24) is 5.16 Å². The number of halogens is 1. The number of amides is 1. The van der Waals surface area contributed by atoms with Gasteiger partial charge in [-0.2, -0.15) is 0 Å². The second-order valence-electron chi connectivity index (χ2n) is 3.73. The summed E-state index contributed by atoms with van der Waals surface area (Å²) in [5.74, 6) is 0.00922. The molecule has 6 nitrogen and oxygen atoms in total. The van der Waals surface area contributed by atoms with Crippen LogP contribution in [-0.2, 0) is 11.3 Å². The van der Waals surface area contributed by atoms with Crippen molar-refractivity contribution in [2.45, 2.75) is 6.61 Å². The molecule has 0 saturated heterocycles. The lowest BCUT2D eigenvalue weighted by molar-refractivity contribution is 0.101. The van der Waals surface area contributed by atoms with E-state index < -0.39 is 5.91 Å². The summed E-state index contributed by atoms with van der Waals surface area (Å²) in [5, 5.41) is 15.6. The van der Waals surface area contributed by atoms with Gasteiger partial charge in [-0.1, -0.05) is 16.8 Å². The van der Waals surface area contributed by atoms with Gasteiger partial charge in [-0.15, -0.1) is 0 Å². The lowest BCUT2D eigenvalue weighted by Crippen LogP contribution is -2.12. The van der Waals surface area contributed by atoms with E-state index in [4.69, 9.17) is 20.9 Å². The predicted molar refractivity (Wildman–Crippen MR) is 68.3 cm³/mol. The number of anilines is 1. The number of nitrogens with zero attached hydrogens (tertiary/aromatic N) is 1. The molecule has 0 aliphatic rings. The fourth-order valence-electron chi connectivity index (χ4n) is 1.42. The largest absolute Gasteiger partial charge is 0.508 e. The third-order valence-electron chi connectivity index (χ3n) is 2.28. The third kappa shape index (κ3) is 3.24. The van der Waals surface area contributed by atoms with Gasteiger partial charge in [-0.25, -0.2) is 0 Å². The number of ether oxygens (including phenoxy) is 1. The van der Waals surface area contributed by atoms with E-state index in [1.165, 1.54) is 31.4 Å². The van der Waals surface area contributed by atoms with Gasteiger partial charge in [0.1, 0.15) is 12.4 Å². The predicted octanol–water partition coefficient (Wildman–Crippen LogP) is 2.43. The fraction of sp³-hybridized carbons (Fsp3) is 0.167. The van der Waals surface area contributed by atoms with Crippen LogP contribution < -0.4 is 5.32 Å². The molecule has 19 heavy (non-hydrogen) atoms. The van der Waals surface area contributed by atoms with Gasteiger partial charge in [0, 0.05) is 19.2 Å². The van der Waals surface area contributed by atoms with Crippen molar-refractivity contribution < 1.29 is 19.2 Å². The molecule has 1 aromatic carbocycles. The normalized spacial score (nSPS) is 10.4. The summed E-state index contributed by atoms with van der Waals surface area (Å²) in [6, 6.07) is 5.72. The standard InChI is InChI=1S/C12H11ClN2O4/c1-18-6-8-5-11(15-19-8)12(17)14-10-3-2-7(16)4-9(10)13/h2-5,16H,6H2,1H3,(H,14,17). The summed E-state index contributed by atoms with van der Waals surface area (Å²) in [6.45, 7) is 0.236. The molecule has 1 aromatic heterocycles. The second kappa shape index (κ2) is 5.73. The van der Waals surface area contributed by atoms with E-state index in [0.717, 1.165) is 0 Å². The molecule has 1 heterocycles. The molecule has 0 radical (unpaired) electrons. The summed E-state index contributed by atoms with van der Waals surface area (Å²) in [7, 11) is 1.51. The molecule has 2 aromatic rings. The molecule has 7 heteroatoms. The van der Waals surface area contributed by atoms with Crippen LogP contribution in [0.15, 0.2) is 28.8 Å². The first-order chi connectivity index (χ1) is 9.10. The molecule has 0 aliphatic heterocycles. The SMILES string of the molecule is COCc1cc(C(=O)Nc2ccc(O)cc2Cl)no1. The maximum absolute atomic E-state index is 11.9. The lowest BCUT2D eigenvalue weighted by atomic mass is 10.3. The van der Waals surface area contributed by atoms with Crippen LogP contribution in [0.1, 0.15) is 16.2 Å². The van der Waals surface area contributed by atoms with Crippen LogP contribution in [-0.4, -0.2) is 23.3 Å². The number of aromatic nitrogens is 1. The molecule has 0 spiro atoms. The number of rotatable bonds is 4. The van der Waals surface area contributed by atoms with E-state index in [-0.39, 0.29) is 23.1 Å². The first-order valence-electron chi connectivity index (χ1n) is 5.34. The van der Waals surface area contributed by atoms with Gasteiger partial charge in [0.25, 0.3) is 5.91 Å². The molecule has 100 valence electrons. The minimum absolute atomic E-state index is 0.0202. The third-order valence-corrected chi connectivity index (χ3v) is 2.59. The zero-order valence-electron chi connectivity index (χ0n) is 10.0. The van der Waals surface area contributed by atoms with Gasteiger partial charge in [0.05, 0.1) is 10.7 Å². The quantitative estimate of drug-likeness (QED) is 0.841. The highest BCUT2D eigenvalue weighted by Gasteiger charge is 2.14. The van der Waals surface area contributed by atoms with Crippen LogP contribution in [0.5, 0.6) is 5.75 Å². The topological polar surface area (TPSA) is 84.6 Å². The number of hydrogen-bond acceptors (Lipinski definition) is 5. The van der Waals surface area contributed by atoms with Crippen molar-refractivity contribution in [2.75, 3.05) is 12.4 Å². The highest BCUT2D eigenvalue weighted by atomic mass is 35.5. The molecule has 0 bridgehead atoms. The fourth-order valence-corrected chi connectivity index (χ4v) is 1.64. The molecule has 0 saturated carbocycles. The van der Waals surface area contributed by atoms with Gasteiger partial charge in [-0.3, -0.25) is 4.79 Å². The van der Waals surface area contributed by atoms with E-state index >= 15 is 0 Å². The van der Waals surface area contributed by atoms with Gasteiger partial charge in [0.15, 0.2) is 11.5 Å². The van der Waals surface area contributed by atoms with Crippen LogP contribution in [0, 0.1) is 0 Å². The summed E-state index contributed by atoms with van der Waals surface area (Å²) in [4.78, 5) is 11.9. The maximum atomic E-state index is 11.9. The molecule has 1 amide bonds. The van der Waals surface area contributed by atoms with Crippen molar-refractivity contribution in [1.29, 1.82) is 0 Å². The van der Waals surface area contributed by atoms with E-state index in [1.807, 2.05) is 0 Å². The van der Waals surface area contributed by atoms with Gasteiger partial charge < -0.3 is 19.7 Å². The number of aromatic hydroxyl groups is 1. The van der Waals surface area contributed by atoms with Crippen LogP contribution in [0.2, 0.25) is 5.02 Å². The first kappa shape index (κ1) is 13.4. The Kier molecular flexibility index (Phi) is 4.03. The van der Waals surface area contributed by atoms with E-state index in [9.17, 15) is 9.90 Å². The van der Waals surface area contributed by atoms with Gasteiger partial charge >= 0.3 is 0 Å². The Labute approximate surface area is 113 Å². The second-order valence-corrected chi connectivity index (χ2v) is 4.14. The average molecular weight is 283 g/mol. The molecule has 0 fully saturated rings. The monoisotopic (exact) mass is 282 g/mol. The molecular weight excluding hydrogens is 272 g/mol.